The normalized spacial score (nSPS) is 8.62. The predicted octanol–water partition coefficient (Wildman–Crippen LogP) is 2.19. The summed E-state index contributed by atoms with van der Waals surface area (Å²) in [4.78, 5) is 0. The van der Waals surface area contributed by atoms with Gasteiger partial charge in [0.25, 0.3) is 0 Å². The Labute approximate surface area is 103 Å². The molecule has 0 fully saturated rings. The van der Waals surface area contributed by atoms with E-state index in [1.807, 2.05) is 0 Å². The molecule has 102 valence electrons. The van der Waals surface area contributed by atoms with Gasteiger partial charge in [0.2, 0.25) is 0 Å². The zero-order valence-corrected chi connectivity index (χ0v) is 12.1. The average molecular weight is 254 g/mol. The number of hydrogen-bond acceptors (Lipinski definition) is 3. The third-order valence-electron chi connectivity index (χ3n) is 1.64. The topological polar surface area (TPSA) is 60.7 Å². The Balaban J connectivity index is -0.000000160. The lowest BCUT2D eigenvalue weighted by Gasteiger charge is -1.85. The highest BCUT2D eigenvalue weighted by atomic mass is 31.0. The maximum Gasteiger partial charge on any atom is 0.0431 e. The van der Waals surface area contributed by atoms with Crippen LogP contribution >= 0.6 is 9.24 Å². The van der Waals surface area contributed by atoms with Gasteiger partial charge in [0, 0.05) is 19.8 Å². The summed E-state index contributed by atoms with van der Waals surface area (Å²) in [6.45, 7) is 5.13. The first-order valence-corrected chi connectivity index (χ1v) is 7.09. The SMILES string of the molecule is CCCCO.CCCCO.OCCCCP. The monoisotopic (exact) mass is 254 g/mol. The molecular formula is C12H31O3P. The van der Waals surface area contributed by atoms with Gasteiger partial charge in [-0.2, -0.15) is 0 Å². The van der Waals surface area contributed by atoms with Gasteiger partial charge in [0.15, 0.2) is 0 Å². The van der Waals surface area contributed by atoms with Gasteiger partial charge in [0.05, 0.1) is 0 Å². The molecule has 0 bridgehead atoms. The molecule has 3 N–H and O–H groups in total. The molecule has 0 amide bonds. The number of aliphatic hydroxyl groups excluding tert-OH is 3. The van der Waals surface area contributed by atoms with Crippen LogP contribution in [0, 0.1) is 0 Å². The van der Waals surface area contributed by atoms with E-state index in [1.165, 1.54) is 0 Å². The minimum Gasteiger partial charge on any atom is -0.396 e. The van der Waals surface area contributed by atoms with Crippen molar-refractivity contribution in [3.05, 3.63) is 0 Å². The van der Waals surface area contributed by atoms with Crippen molar-refractivity contribution < 1.29 is 15.3 Å². The summed E-state index contributed by atoms with van der Waals surface area (Å²) >= 11 is 0. The molecule has 0 aliphatic heterocycles. The van der Waals surface area contributed by atoms with E-state index in [1.54, 1.807) is 0 Å². The van der Waals surface area contributed by atoms with Gasteiger partial charge in [0.1, 0.15) is 0 Å². The van der Waals surface area contributed by atoms with Crippen molar-refractivity contribution >= 4 is 9.24 Å². The summed E-state index contributed by atoms with van der Waals surface area (Å²) < 4.78 is 0. The zero-order valence-electron chi connectivity index (χ0n) is 11.0. The van der Waals surface area contributed by atoms with Crippen molar-refractivity contribution in [2.75, 3.05) is 26.0 Å². The molecule has 0 aromatic carbocycles. The Bertz CT molecular complexity index is 68.7. The van der Waals surface area contributed by atoms with E-state index in [0.29, 0.717) is 19.8 Å². The highest BCUT2D eigenvalue weighted by molar-refractivity contribution is 7.16. The first-order chi connectivity index (χ1) is 7.74. The third-order valence-corrected chi connectivity index (χ3v) is 2.04. The van der Waals surface area contributed by atoms with Gasteiger partial charge in [-0.1, -0.05) is 26.7 Å². The molecule has 0 aliphatic rings. The van der Waals surface area contributed by atoms with Crippen molar-refractivity contribution in [1.82, 2.24) is 0 Å². The first-order valence-electron chi connectivity index (χ1n) is 6.27. The lowest BCUT2D eigenvalue weighted by Crippen LogP contribution is -1.80. The molecule has 0 saturated carbocycles. The van der Waals surface area contributed by atoms with Gasteiger partial charge in [-0.15, -0.1) is 9.24 Å². The molecule has 1 unspecified atom stereocenters. The minimum atomic E-state index is 0.342. The Morgan fingerprint density at radius 2 is 1.06 bits per heavy atom. The molecular weight excluding hydrogens is 223 g/mol. The Morgan fingerprint density at radius 1 is 0.688 bits per heavy atom. The van der Waals surface area contributed by atoms with Crippen LogP contribution in [-0.2, 0) is 0 Å². The van der Waals surface area contributed by atoms with Gasteiger partial charge in [-0.05, 0) is 31.8 Å². The summed E-state index contributed by atoms with van der Waals surface area (Å²) in [6.07, 6.45) is 7.26. The quantitative estimate of drug-likeness (QED) is 0.482. The van der Waals surface area contributed by atoms with Crippen LogP contribution in [0.4, 0.5) is 0 Å². The smallest absolute Gasteiger partial charge is 0.0431 e. The van der Waals surface area contributed by atoms with Crippen LogP contribution < -0.4 is 0 Å². The van der Waals surface area contributed by atoms with E-state index in [4.69, 9.17) is 15.3 Å². The molecule has 0 spiro atoms. The third kappa shape index (κ3) is 47.4. The maximum atomic E-state index is 8.19. The number of unbranched alkanes of at least 4 members (excludes halogenated alkanes) is 3. The van der Waals surface area contributed by atoms with Crippen LogP contribution in [0.15, 0.2) is 0 Å². The predicted molar refractivity (Wildman–Crippen MR) is 74.9 cm³/mol. The maximum absolute atomic E-state index is 8.19. The number of rotatable bonds is 7. The molecule has 0 saturated heterocycles. The Kier molecular flexibility index (Phi) is 39.8. The van der Waals surface area contributed by atoms with Gasteiger partial charge < -0.3 is 15.3 Å². The fourth-order valence-electron chi connectivity index (χ4n) is 0.572. The van der Waals surface area contributed by atoms with Crippen LogP contribution in [0.3, 0.4) is 0 Å². The van der Waals surface area contributed by atoms with Crippen LogP contribution in [-0.4, -0.2) is 41.3 Å². The standard InChI is InChI=1S/C4H11OP.2C4H10O/c5-3-1-2-4-6;2*1-2-3-4-5/h5H,1-4,6H2;2*5H,2-4H2,1H3. The van der Waals surface area contributed by atoms with E-state index >= 15 is 0 Å². The summed E-state index contributed by atoms with van der Waals surface area (Å²) in [7, 11) is 2.62. The van der Waals surface area contributed by atoms with Crippen LogP contribution in [0.25, 0.3) is 0 Å². The van der Waals surface area contributed by atoms with E-state index in [9.17, 15) is 0 Å². The number of aliphatic hydroxyl groups is 3. The molecule has 0 radical (unpaired) electrons. The van der Waals surface area contributed by atoms with Crippen LogP contribution in [0.5, 0.6) is 0 Å². The van der Waals surface area contributed by atoms with Crippen molar-refractivity contribution in [1.29, 1.82) is 0 Å². The Morgan fingerprint density at radius 3 is 1.12 bits per heavy atom. The molecule has 4 heteroatoms. The minimum absolute atomic E-state index is 0.342. The summed E-state index contributed by atoms with van der Waals surface area (Å²) in [5.74, 6) is 0. The second-order valence-corrected chi connectivity index (χ2v) is 3.95. The van der Waals surface area contributed by atoms with Crippen molar-refractivity contribution in [2.24, 2.45) is 0 Å². The number of hydrogen-bond donors (Lipinski definition) is 3. The fourth-order valence-corrected chi connectivity index (χ4v) is 0.861. The fraction of sp³-hybridized carbons (Fsp3) is 1.00. The van der Waals surface area contributed by atoms with E-state index in [0.717, 1.165) is 44.7 Å². The highest BCUT2D eigenvalue weighted by Gasteiger charge is 1.76. The Hall–Kier alpha value is 0.310. The molecule has 0 aromatic heterocycles. The van der Waals surface area contributed by atoms with Crippen LogP contribution in [0.2, 0.25) is 0 Å². The van der Waals surface area contributed by atoms with Crippen molar-refractivity contribution in [2.45, 2.75) is 52.4 Å². The first kappa shape index (κ1) is 21.6. The summed E-state index contributed by atoms with van der Waals surface area (Å²) in [5, 5.41) is 24.3. The second kappa shape index (κ2) is 29.5. The molecule has 0 rings (SSSR count). The lowest BCUT2D eigenvalue weighted by molar-refractivity contribution is 0.286. The molecule has 0 heterocycles. The van der Waals surface area contributed by atoms with Gasteiger partial charge >= 0.3 is 0 Å². The molecule has 16 heavy (non-hydrogen) atoms. The second-order valence-electron chi connectivity index (χ2n) is 3.37. The molecule has 3 nitrogen and oxygen atoms in total. The molecule has 0 aromatic rings. The lowest BCUT2D eigenvalue weighted by atomic mass is 10.4. The summed E-state index contributed by atoms with van der Waals surface area (Å²) in [6, 6.07) is 0. The molecule has 0 aliphatic carbocycles. The van der Waals surface area contributed by atoms with E-state index in [-0.39, 0.29) is 0 Å². The van der Waals surface area contributed by atoms with Crippen LogP contribution in [0.1, 0.15) is 52.4 Å². The van der Waals surface area contributed by atoms with Crippen molar-refractivity contribution in [3.8, 4) is 0 Å². The van der Waals surface area contributed by atoms with Crippen molar-refractivity contribution in [3.63, 3.8) is 0 Å². The summed E-state index contributed by atoms with van der Waals surface area (Å²) in [5.41, 5.74) is 0. The van der Waals surface area contributed by atoms with E-state index < -0.39 is 0 Å². The highest BCUT2D eigenvalue weighted by Crippen LogP contribution is 1.90. The zero-order chi connectivity index (χ0) is 13.1. The average Bonchev–Trinajstić information content (AvgIpc) is 2.30. The molecule has 1 atom stereocenters. The van der Waals surface area contributed by atoms with E-state index in [2.05, 4.69) is 23.1 Å². The largest absolute Gasteiger partial charge is 0.396 e. The van der Waals surface area contributed by atoms with Gasteiger partial charge in [-0.3, -0.25) is 0 Å². The van der Waals surface area contributed by atoms with Gasteiger partial charge in [-0.25, -0.2) is 0 Å².